The number of benzene rings is 1. The predicted octanol–water partition coefficient (Wildman–Crippen LogP) is 2.79. The van der Waals surface area contributed by atoms with Crippen LogP contribution in [-0.2, 0) is 17.6 Å². The van der Waals surface area contributed by atoms with Crippen molar-refractivity contribution >= 4 is 32.9 Å². The number of hydrogen-bond donors (Lipinski definition) is 1. The lowest BCUT2D eigenvalue weighted by molar-refractivity contribution is -0.835. The number of quaternary nitrogens is 1. The Morgan fingerprint density at radius 3 is 2.68 bits per heavy atom. The average molecular weight is 360 g/mol. The van der Waals surface area contributed by atoms with E-state index in [-0.39, 0.29) is 17.0 Å². The topological polar surface area (TPSA) is 38.6 Å². The van der Waals surface area contributed by atoms with E-state index in [0.717, 1.165) is 40.8 Å². The molecule has 0 saturated carbocycles. The fourth-order valence-corrected chi connectivity index (χ4v) is 5.49. The summed E-state index contributed by atoms with van der Waals surface area (Å²) in [6.07, 6.45) is 5.00. The lowest BCUT2D eigenvalue weighted by Crippen LogP contribution is -3.08. The molecule has 1 saturated heterocycles. The predicted molar refractivity (Wildman–Crippen MR) is 98.5 cm³/mol. The summed E-state index contributed by atoms with van der Waals surface area (Å²) >= 11 is 1.66. The molecule has 1 aromatic carbocycles. The molecule has 0 bridgehead atoms. The molecule has 0 spiro atoms. The van der Waals surface area contributed by atoms with Gasteiger partial charge in [-0.3, -0.25) is 14.5 Å². The molecule has 0 radical (unpaired) electrons. The smallest absolute Gasteiger partial charge is 0.191 e. The van der Waals surface area contributed by atoms with Gasteiger partial charge >= 0.3 is 0 Å². The van der Waals surface area contributed by atoms with Crippen molar-refractivity contribution in [3.63, 3.8) is 0 Å². The van der Waals surface area contributed by atoms with Gasteiger partial charge in [0.25, 0.3) is 0 Å². The molecule has 4 rings (SSSR count). The molecule has 1 unspecified atom stereocenters. The summed E-state index contributed by atoms with van der Waals surface area (Å²) in [6.45, 7) is 3.48. The van der Waals surface area contributed by atoms with Gasteiger partial charge in [0.2, 0.25) is 0 Å². The average Bonchev–Trinajstić information content (AvgIpc) is 2.62. The van der Waals surface area contributed by atoms with Gasteiger partial charge in [-0.15, -0.1) is 11.3 Å². The number of rotatable bonds is 2. The van der Waals surface area contributed by atoms with Gasteiger partial charge in [-0.1, -0.05) is 13.3 Å². The Bertz CT molecular complexity index is 895. The molecule has 132 valence electrons. The van der Waals surface area contributed by atoms with Crippen LogP contribution in [0.1, 0.15) is 43.0 Å². The second-order valence-electron chi connectivity index (χ2n) is 7.32. The van der Waals surface area contributed by atoms with E-state index in [4.69, 9.17) is 0 Å². The third kappa shape index (κ3) is 3.04. The van der Waals surface area contributed by atoms with Crippen LogP contribution in [0, 0.1) is 11.7 Å². The van der Waals surface area contributed by atoms with Gasteiger partial charge in [0.05, 0.1) is 25.9 Å². The molecular weight excluding hydrogens is 337 g/mol. The van der Waals surface area contributed by atoms with Crippen molar-refractivity contribution < 1.29 is 14.1 Å². The van der Waals surface area contributed by atoms with E-state index in [1.807, 2.05) is 6.07 Å². The molecule has 1 atom stereocenters. The highest BCUT2D eigenvalue weighted by molar-refractivity contribution is 7.18. The highest BCUT2D eigenvalue weighted by Crippen LogP contribution is 2.33. The number of Topliss-reactive ketones (excluding diaryl/α,β-unsaturated/α-hetero) is 1. The molecule has 3 nitrogen and oxygen atoms in total. The van der Waals surface area contributed by atoms with Gasteiger partial charge in [-0.2, -0.15) is 0 Å². The minimum absolute atomic E-state index is 0.0209. The van der Waals surface area contributed by atoms with E-state index in [2.05, 4.69) is 6.92 Å². The van der Waals surface area contributed by atoms with Crippen molar-refractivity contribution in [1.82, 2.24) is 0 Å². The summed E-state index contributed by atoms with van der Waals surface area (Å²) in [5.41, 5.74) is 1.54. The SMILES string of the molecule is CCC1CCc2c(sc3cc([NH+]4CCC(=O)CC4)c(F)cc3c2=O)C1. The van der Waals surface area contributed by atoms with Crippen LogP contribution in [-0.4, -0.2) is 18.9 Å². The standard InChI is InChI=1S/C20H22FNO2S/c1-2-12-3-4-14-18(9-12)25-19-11-17(16(21)10-15(19)20(14)24)22-7-5-13(23)6-8-22/h10-12H,2-9H2,1H3/p+1. The minimum atomic E-state index is -0.316. The van der Waals surface area contributed by atoms with Crippen molar-refractivity contribution in [2.45, 2.75) is 45.4 Å². The van der Waals surface area contributed by atoms with Crippen molar-refractivity contribution in [2.75, 3.05) is 13.1 Å². The van der Waals surface area contributed by atoms with Crippen LogP contribution >= 0.6 is 11.3 Å². The van der Waals surface area contributed by atoms with Crippen molar-refractivity contribution in [3.05, 3.63) is 38.6 Å². The highest BCUT2D eigenvalue weighted by Gasteiger charge is 2.27. The fraction of sp³-hybridized carbons (Fsp3) is 0.500. The maximum absolute atomic E-state index is 14.7. The molecule has 2 aromatic rings. The van der Waals surface area contributed by atoms with E-state index in [0.29, 0.717) is 42.9 Å². The molecule has 1 aromatic heterocycles. The van der Waals surface area contributed by atoms with Gasteiger partial charge in [0.1, 0.15) is 5.78 Å². The Labute approximate surface area is 150 Å². The Morgan fingerprint density at radius 1 is 1.20 bits per heavy atom. The first-order valence-electron chi connectivity index (χ1n) is 9.21. The van der Waals surface area contributed by atoms with Crippen molar-refractivity contribution in [2.24, 2.45) is 5.92 Å². The molecule has 5 heteroatoms. The van der Waals surface area contributed by atoms with Gasteiger partial charge in [-0.25, -0.2) is 4.39 Å². The molecule has 2 aliphatic rings. The summed E-state index contributed by atoms with van der Waals surface area (Å²) in [5, 5.41) is 0.521. The summed E-state index contributed by atoms with van der Waals surface area (Å²) in [4.78, 5) is 26.5. The van der Waals surface area contributed by atoms with Gasteiger partial charge in [0.15, 0.2) is 16.9 Å². The van der Waals surface area contributed by atoms with Gasteiger partial charge in [-0.05, 0) is 31.2 Å². The fourth-order valence-electron chi connectivity index (χ4n) is 4.15. The normalized spacial score (nSPS) is 21.5. The summed E-state index contributed by atoms with van der Waals surface area (Å²) in [7, 11) is 0. The number of nitrogens with one attached hydrogen (secondary N) is 1. The number of fused-ring (bicyclic) bond motifs is 2. The monoisotopic (exact) mass is 360 g/mol. The maximum atomic E-state index is 14.7. The Hall–Kier alpha value is -1.59. The van der Waals surface area contributed by atoms with Crippen LogP contribution in [0.4, 0.5) is 10.1 Å². The zero-order chi connectivity index (χ0) is 17.6. The van der Waals surface area contributed by atoms with Gasteiger partial charge < -0.3 is 0 Å². The lowest BCUT2D eigenvalue weighted by atomic mass is 9.87. The molecule has 1 N–H and O–H groups in total. The first-order chi connectivity index (χ1) is 12.1. The first kappa shape index (κ1) is 16.9. The van der Waals surface area contributed by atoms with Gasteiger partial charge in [0, 0.05) is 26.6 Å². The van der Waals surface area contributed by atoms with Crippen molar-refractivity contribution in [3.8, 4) is 0 Å². The van der Waals surface area contributed by atoms with Crippen molar-refractivity contribution in [1.29, 1.82) is 0 Å². The van der Waals surface area contributed by atoms with Crippen LogP contribution in [0.25, 0.3) is 10.1 Å². The van der Waals surface area contributed by atoms with E-state index < -0.39 is 0 Å². The molecule has 1 fully saturated rings. The number of ketones is 1. The van der Waals surface area contributed by atoms with E-state index in [1.54, 1.807) is 11.3 Å². The van der Waals surface area contributed by atoms with Crippen LogP contribution < -0.4 is 10.3 Å². The zero-order valence-corrected chi connectivity index (χ0v) is 15.3. The highest BCUT2D eigenvalue weighted by atomic mass is 32.1. The number of carbonyl (C=O) groups is 1. The number of halogens is 1. The number of piperidine rings is 1. The second kappa shape index (κ2) is 6.61. The quantitative estimate of drug-likeness (QED) is 0.894. The maximum Gasteiger partial charge on any atom is 0.191 e. The second-order valence-corrected chi connectivity index (χ2v) is 8.46. The van der Waals surface area contributed by atoms with Crippen LogP contribution in [0.15, 0.2) is 16.9 Å². The van der Waals surface area contributed by atoms with Crippen LogP contribution in [0.2, 0.25) is 0 Å². The molecular formula is C20H23FNO2S+. The first-order valence-corrected chi connectivity index (χ1v) is 10.0. The summed E-state index contributed by atoms with van der Waals surface area (Å²) in [5.74, 6) is 0.594. The third-order valence-corrected chi connectivity index (χ3v) is 7.02. The summed E-state index contributed by atoms with van der Waals surface area (Å²) in [6, 6.07) is 3.29. The van der Waals surface area contributed by atoms with E-state index in [1.165, 1.54) is 10.9 Å². The molecule has 25 heavy (non-hydrogen) atoms. The molecule has 0 amide bonds. The Morgan fingerprint density at radius 2 is 1.96 bits per heavy atom. The molecule has 2 heterocycles. The summed E-state index contributed by atoms with van der Waals surface area (Å²) < 4.78 is 15.6. The Balaban J connectivity index is 1.79. The zero-order valence-electron chi connectivity index (χ0n) is 14.5. The van der Waals surface area contributed by atoms with Crippen LogP contribution in [0.3, 0.4) is 0 Å². The largest absolute Gasteiger partial charge is 0.299 e. The number of carbonyl (C=O) groups excluding carboxylic acids is 1. The molecule has 1 aliphatic heterocycles. The Kier molecular flexibility index (Phi) is 4.46. The number of hydrogen-bond acceptors (Lipinski definition) is 3. The van der Waals surface area contributed by atoms with Crippen LogP contribution in [0.5, 0.6) is 0 Å². The lowest BCUT2D eigenvalue weighted by Gasteiger charge is -2.24. The van der Waals surface area contributed by atoms with E-state index >= 15 is 0 Å². The van der Waals surface area contributed by atoms with E-state index in [9.17, 15) is 14.0 Å². The molecule has 1 aliphatic carbocycles. The minimum Gasteiger partial charge on any atom is -0.299 e. The third-order valence-electron chi connectivity index (χ3n) is 5.80.